The van der Waals surface area contributed by atoms with Gasteiger partial charge in [0.25, 0.3) is 5.91 Å². The maximum atomic E-state index is 12.7. The third-order valence-corrected chi connectivity index (χ3v) is 6.88. The first kappa shape index (κ1) is 18.7. The Kier molecular flexibility index (Phi) is 4.74. The van der Waals surface area contributed by atoms with Crippen LogP contribution in [0.2, 0.25) is 5.02 Å². The number of hydrogen-bond donors (Lipinski definition) is 3. The van der Waals surface area contributed by atoms with Gasteiger partial charge in [-0.1, -0.05) is 11.6 Å². The maximum absolute atomic E-state index is 12.7. The Hall–Kier alpha value is -2.62. The number of nitrogens with zero attached hydrogens (tertiary/aromatic N) is 1. The molecule has 3 aromatic rings. The molecule has 1 aliphatic heterocycles. The van der Waals surface area contributed by atoms with Gasteiger partial charge < -0.3 is 15.3 Å². The second-order valence-corrected chi connectivity index (χ2v) is 8.89. The van der Waals surface area contributed by atoms with Crippen LogP contribution in [0.5, 0.6) is 0 Å². The van der Waals surface area contributed by atoms with Gasteiger partial charge in [0.1, 0.15) is 0 Å². The maximum Gasteiger partial charge on any atom is 0.323 e. The average molecular weight is 421 g/mol. The molecule has 3 N–H and O–H groups in total. The van der Waals surface area contributed by atoms with Crippen LogP contribution in [0.15, 0.2) is 46.1 Å². The molecule has 1 fully saturated rings. The first-order valence-electron chi connectivity index (χ1n) is 8.68. The number of hydrogen-bond acceptors (Lipinski definition) is 4. The van der Waals surface area contributed by atoms with Crippen molar-refractivity contribution >= 4 is 44.3 Å². The molecule has 2 aromatic carbocycles. The Morgan fingerprint density at radius 1 is 1.04 bits per heavy atom. The lowest BCUT2D eigenvalue weighted by molar-refractivity contribution is 0.102. The van der Waals surface area contributed by atoms with E-state index >= 15 is 0 Å². The van der Waals surface area contributed by atoms with E-state index in [1.165, 1.54) is 22.5 Å². The number of benzene rings is 2. The molecule has 0 saturated carbocycles. The second kappa shape index (κ2) is 7.08. The monoisotopic (exact) mass is 420 g/mol. The van der Waals surface area contributed by atoms with E-state index in [2.05, 4.69) is 15.3 Å². The van der Waals surface area contributed by atoms with Crippen LogP contribution in [-0.2, 0) is 10.0 Å². The highest BCUT2D eigenvalue weighted by Crippen LogP contribution is 2.26. The summed E-state index contributed by atoms with van der Waals surface area (Å²) < 4.78 is 26.9. The Morgan fingerprint density at radius 2 is 1.75 bits per heavy atom. The first-order chi connectivity index (χ1) is 13.3. The molecule has 1 amide bonds. The SMILES string of the molecule is O=C(Nc1ccc2[nH]c(=O)[nH]c2c1)c1cc(S(=O)(=O)N2CCCC2)ccc1Cl. The summed E-state index contributed by atoms with van der Waals surface area (Å²) in [6.45, 7) is 0.947. The number of aromatic amines is 2. The number of sulfonamides is 1. The Morgan fingerprint density at radius 3 is 2.50 bits per heavy atom. The van der Waals surface area contributed by atoms with Gasteiger partial charge in [-0.3, -0.25) is 4.79 Å². The van der Waals surface area contributed by atoms with E-state index in [0.29, 0.717) is 29.8 Å². The number of halogens is 1. The van der Waals surface area contributed by atoms with Crippen molar-refractivity contribution in [1.29, 1.82) is 0 Å². The fourth-order valence-electron chi connectivity index (χ4n) is 3.23. The molecule has 0 bridgehead atoms. The minimum absolute atomic E-state index is 0.0365. The molecule has 28 heavy (non-hydrogen) atoms. The molecule has 0 radical (unpaired) electrons. The summed E-state index contributed by atoms with van der Waals surface area (Å²) in [4.78, 5) is 29.3. The molecule has 8 nitrogen and oxygen atoms in total. The number of nitrogens with one attached hydrogen (secondary N) is 3. The van der Waals surface area contributed by atoms with Crippen LogP contribution in [0, 0.1) is 0 Å². The van der Waals surface area contributed by atoms with Crippen LogP contribution < -0.4 is 11.0 Å². The molecule has 0 spiro atoms. The minimum atomic E-state index is -3.66. The fraction of sp³-hybridized carbons (Fsp3) is 0.222. The number of fused-ring (bicyclic) bond motifs is 1. The smallest absolute Gasteiger partial charge is 0.322 e. The molecule has 146 valence electrons. The van der Waals surface area contributed by atoms with Crippen molar-refractivity contribution in [3.8, 4) is 0 Å². The van der Waals surface area contributed by atoms with Crippen molar-refractivity contribution in [2.45, 2.75) is 17.7 Å². The lowest BCUT2D eigenvalue weighted by atomic mass is 10.2. The molecule has 0 unspecified atom stereocenters. The van der Waals surface area contributed by atoms with Crippen molar-refractivity contribution in [1.82, 2.24) is 14.3 Å². The summed E-state index contributed by atoms with van der Waals surface area (Å²) in [5.74, 6) is -0.541. The zero-order chi connectivity index (χ0) is 19.9. The average Bonchev–Trinajstić information content (AvgIpc) is 3.30. The number of carbonyl (C=O) groups is 1. The van der Waals surface area contributed by atoms with Gasteiger partial charge in [-0.05, 0) is 49.2 Å². The number of amides is 1. The molecule has 4 rings (SSSR count). The predicted molar refractivity (Wildman–Crippen MR) is 106 cm³/mol. The third-order valence-electron chi connectivity index (χ3n) is 4.66. The highest BCUT2D eigenvalue weighted by atomic mass is 35.5. The van der Waals surface area contributed by atoms with Crippen LogP contribution >= 0.6 is 11.6 Å². The van der Waals surface area contributed by atoms with Gasteiger partial charge >= 0.3 is 5.69 Å². The van der Waals surface area contributed by atoms with E-state index in [-0.39, 0.29) is 21.2 Å². The molecule has 1 aromatic heterocycles. The van der Waals surface area contributed by atoms with Gasteiger partial charge in [-0.25, -0.2) is 13.2 Å². The number of rotatable bonds is 4. The number of anilines is 1. The minimum Gasteiger partial charge on any atom is -0.322 e. The zero-order valence-electron chi connectivity index (χ0n) is 14.7. The standard InChI is InChI=1S/C18H17ClN4O4S/c19-14-5-4-12(28(26,27)23-7-1-2-8-23)10-13(14)17(24)20-11-3-6-15-16(9-11)22-18(25)21-15/h3-6,9-10H,1-2,7-8H2,(H,20,24)(H2,21,22,25). The Balaban J connectivity index is 1.63. The van der Waals surface area contributed by atoms with Gasteiger partial charge in [-0.15, -0.1) is 0 Å². The summed E-state index contributed by atoms with van der Waals surface area (Å²) in [5, 5.41) is 2.83. The van der Waals surface area contributed by atoms with E-state index < -0.39 is 15.9 Å². The quantitative estimate of drug-likeness (QED) is 0.601. The predicted octanol–water partition coefficient (Wildman–Crippen LogP) is 2.55. The lowest BCUT2D eigenvalue weighted by Gasteiger charge is -2.16. The van der Waals surface area contributed by atoms with Crippen LogP contribution in [-0.4, -0.2) is 41.7 Å². The highest BCUT2D eigenvalue weighted by molar-refractivity contribution is 7.89. The second-order valence-electron chi connectivity index (χ2n) is 6.55. The Bertz CT molecular complexity index is 1230. The van der Waals surface area contributed by atoms with Crippen molar-refractivity contribution in [2.24, 2.45) is 0 Å². The largest absolute Gasteiger partial charge is 0.323 e. The van der Waals surface area contributed by atoms with Crippen LogP contribution in [0.4, 0.5) is 5.69 Å². The van der Waals surface area contributed by atoms with Gasteiger partial charge in [0, 0.05) is 18.8 Å². The normalized spacial score (nSPS) is 15.2. The molecule has 1 aliphatic rings. The molecule has 0 aliphatic carbocycles. The van der Waals surface area contributed by atoms with Crippen molar-refractivity contribution in [3.63, 3.8) is 0 Å². The van der Waals surface area contributed by atoms with Gasteiger partial charge in [-0.2, -0.15) is 4.31 Å². The molecular weight excluding hydrogens is 404 g/mol. The van der Waals surface area contributed by atoms with E-state index in [1.807, 2.05) is 0 Å². The molecule has 2 heterocycles. The first-order valence-corrected chi connectivity index (χ1v) is 10.5. The van der Waals surface area contributed by atoms with Crippen molar-refractivity contribution < 1.29 is 13.2 Å². The zero-order valence-corrected chi connectivity index (χ0v) is 16.2. The van der Waals surface area contributed by atoms with Crippen molar-refractivity contribution in [2.75, 3.05) is 18.4 Å². The molecular formula is C18H17ClN4O4S. The number of carbonyl (C=O) groups excluding carboxylic acids is 1. The van der Waals surface area contributed by atoms with E-state index in [4.69, 9.17) is 11.6 Å². The fourth-order valence-corrected chi connectivity index (χ4v) is 4.97. The highest BCUT2D eigenvalue weighted by Gasteiger charge is 2.28. The van der Waals surface area contributed by atoms with E-state index in [9.17, 15) is 18.0 Å². The van der Waals surface area contributed by atoms with Crippen LogP contribution in [0.3, 0.4) is 0 Å². The Labute approximate surface area is 165 Å². The topological polar surface area (TPSA) is 115 Å². The van der Waals surface area contributed by atoms with Gasteiger partial charge in [0.15, 0.2) is 0 Å². The molecule has 10 heteroatoms. The van der Waals surface area contributed by atoms with E-state index in [0.717, 1.165) is 12.8 Å². The van der Waals surface area contributed by atoms with Crippen LogP contribution in [0.25, 0.3) is 11.0 Å². The summed E-state index contributed by atoms with van der Waals surface area (Å²) in [5.41, 5.74) is 1.31. The van der Waals surface area contributed by atoms with Gasteiger partial charge in [0.05, 0.1) is 26.5 Å². The van der Waals surface area contributed by atoms with Gasteiger partial charge in [0.2, 0.25) is 10.0 Å². The molecule has 1 saturated heterocycles. The lowest BCUT2D eigenvalue weighted by Crippen LogP contribution is -2.28. The number of H-pyrrole nitrogens is 2. The molecule has 0 atom stereocenters. The van der Waals surface area contributed by atoms with E-state index in [1.54, 1.807) is 18.2 Å². The summed E-state index contributed by atoms with van der Waals surface area (Å²) >= 11 is 6.14. The van der Waals surface area contributed by atoms with Crippen LogP contribution in [0.1, 0.15) is 23.2 Å². The summed E-state index contributed by atoms with van der Waals surface area (Å²) in [6, 6.07) is 8.99. The number of aromatic nitrogens is 2. The summed E-state index contributed by atoms with van der Waals surface area (Å²) in [7, 11) is -3.66. The van der Waals surface area contributed by atoms with Crippen molar-refractivity contribution in [3.05, 3.63) is 57.5 Å². The number of imidazole rings is 1. The third kappa shape index (κ3) is 3.44. The summed E-state index contributed by atoms with van der Waals surface area (Å²) in [6.07, 6.45) is 1.65.